The number of benzene rings is 1. The van der Waals surface area contributed by atoms with E-state index in [0.717, 1.165) is 11.8 Å². The number of amides is 2. The van der Waals surface area contributed by atoms with Crippen molar-refractivity contribution < 1.29 is 14.0 Å². The van der Waals surface area contributed by atoms with Gasteiger partial charge in [-0.2, -0.15) is 0 Å². The molecule has 1 aliphatic heterocycles. The van der Waals surface area contributed by atoms with Crippen LogP contribution in [0.25, 0.3) is 6.08 Å². The summed E-state index contributed by atoms with van der Waals surface area (Å²) in [6, 6.07) is 4.36. The van der Waals surface area contributed by atoms with Crippen LogP contribution in [0, 0.1) is 5.82 Å². The summed E-state index contributed by atoms with van der Waals surface area (Å²) in [4.78, 5) is 22.4. The monoisotopic (exact) mass is 301 g/mol. The highest BCUT2D eigenvalue weighted by Crippen LogP contribution is 2.26. The lowest BCUT2D eigenvalue weighted by Gasteiger charge is -1.97. The van der Waals surface area contributed by atoms with Crippen molar-refractivity contribution in [3.8, 4) is 0 Å². The van der Waals surface area contributed by atoms with Crippen LogP contribution >= 0.6 is 27.7 Å². The maximum absolute atomic E-state index is 12.9. The van der Waals surface area contributed by atoms with Gasteiger partial charge >= 0.3 is 0 Å². The van der Waals surface area contributed by atoms with Gasteiger partial charge in [0.2, 0.25) is 0 Å². The van der Waals surface area contributed by atoms with Crippen molar-refractivity contribution >= 4 is 44.9 Å². The summed E-state index contributed by atoms with van der Waals surface area (Å²) in [6.45, 7) is 0. The first-order valence-corrected chi connectivity index (χ1v) is 5.87. The highest BCUT2D eigenvalue weighted by atomic mass is 79.9. The molecule has 3 nitrogen and oxygen atoms in total. The molecule has 0 spiro atoms. The third kappa shape index (κ3) is 2.33. The zero-order chi connectivity index (χ0) is 11.7. The van der Waals surface area contributed by atoms with Crippen molar-refractivity contribution in [1.82, 2.24) is 5.32 Å². The molecule has 0 aliphatic carbocycles. The topological polar surface area (TPSA) is 46.2 Å². The van der Waals surface area contributed by atoms with Crippen LogP contribution in [0.4, 0.5) is 9.18 Å². The van der Waals surface area contributed by atoms with E-state index in [0.29, 0.717) is 14.9 Å². The minimum Gasteiger partial charge on any atom is -0.282 e. The van der Waals surface area contributed by atoms with Crippen molar-refractivity contribution in [2.45, 2.75) is 0 Å². The van der Waals surface area contributed by atoms with E-state index in [2.05, 4.69) is 21.2 Å². The molecule has 1 fully saturated rings. The molecule has 1 aromatic carbocycles. The van der Waals surface area contributed by atoms with Gasteiger partial charge in [0.15, 0.2) is 0 Å². The Bertz CT molecular complexity index is 516. The molecule has 6 heteroatoms. The Labute approximate surface area is 103 Å². The van der Waals surface area contributed by atoms with E-state index in [-0.39, 0.29) is 5.82 Å². The van der Waals surface area contributed by atoms with Gasteiger partial charge in [0.05, 0.1) is 9.38 Å². The van der Waals surface area contributed by atoms with Crippen LogP contribution in [-0.2, 0) is 4.79 Å². The zero-order valence-corrected chi connectivity index (χ0v) is 10.2. The fraction of sp³-hybridized carbons (Fsp3) is 0. The van der Waals surface area contributed by atoms with Crippen LogP contribution in [0.5, 0.6) is 0 Å². The summed E-state index contributed by atoms with van der Waals surface area (Å²) in [5, 5.41) is 1.75. The van der Waals surface area contributed by atoms with Crippen molar-refractivity contribution in [2.75, 3.05) is 0 Å². The number of thioether (sulfide) groups is 1. The molecule has 0 aromatic heterocycles. The molecule has 1 heterocycles. The van der Waals surface area contributed by atoms with Gasteiger partial charge in [-0.25, -0.2) is 4.39 Å². The molecule has 2 rings (SSSR count). The van der Waals surface area contributed by atoms with Gasteiger partial charge in [0.25, 0.3) is 11.1 Å². The molecule has 1 aromatic rings. The molecule has 0 saturated carbocycles. The number of rotatable bonds is 1. The Morgan fingerprint density at radius 1 is 1.38 bits per heavy atom. The van der Waals surface area contributed by atoms with E-state index in [9.17, 15) is 14.0 Å². The van der Waals surface area contributed by atoms with E-state index in [1.165, 1.54) is 18.2 Å². The molecule has 0 unspecified atom stereocenters. The third-order valence-electron chi connectivity index (χ3n) is 1.88. The first-order valence-electron chi connectivity index (χ1n) is 4.26. The smallest absolute Gasteiger partial charge is 0.282 e. The Kier molecular flexibility index (Phi) is 3.11. The number of carbonyl (C=O) groups excluding carboxylic acids is 2. The second-order valence-electron chi connectivity index (χ2n) is 3.03. The number of hydrogen-bond donors (Lipinski definition) is 1. The summed E-state index contributed by atoms with van der Waals surface area (Å²) in [7, 11) is 0. The van der Waals surface area contributed by atoms with Crippen LogP contribution in [0.3, 0.4) is 0 Å². The van der Waals surface area contributed by atoms with Crippen molar-refractivity contribution in [3.05, 3.63) is 39.0 Å². The number of nitrogens with one attached hydrogen (secondary N) is 1. The summed E-state index contributed by atoms with van der Waals surface area (Å²) in [6.07, 6.45) is 1.54. The van der Waals surface area contributed by atoms with E-state index >= 15 is 0 Å². The summed E-state index contributed by atoms with van der Waals surface area (Å²) >= 11 is 3.87. The lowest BCUT2D eigenvalue weighted by Crippen LogP contribution is -2.17. The molecule has 16 heavy (non-hydrogen) atoms. The van der Waals surface area contributed by atoms with Crippen molar-refractivity contribution in [2.24, 2.45) is 0 Å². The van der Waals surface area contributed by atoms with Crippen LogP contribution in [0.15, 0.2) is 27.6 Å². The van der Waals surface area contributed by atoms with E-state index < -0.39 is 11.1 Å². The number of imide groups is 1. The van der Waals surface area contributed by atoms with Crippen molar-refractivity contribution in [3.63, 3.8) is 0 Å². The highest BCUT2D eigenvalue weighted by Gasteiger charge is 2.24. The molecule has 0 radical (unpaired) electrons. The molecular weight excluding hydrogens is 297 g/mol. The molecule has 82 valence electrons. The Hall–Kier alpha value is -1.14. The van der Waals surface area contributed by atoms with Gasteiger partial charge < -0.3 is 0 Å². The van der Waals surface area contributed by atoms with Gasteiger partial charge in [-0.05, 0) is 51.5 Å². The second kappa shape index (κ2) is 4.39. The summed E-state index contributed by atoms with van der Waals surface area (Å²) in [5.74, 6) is -0.794. The van der Waals surface area contributed by atoms with Gasteiger partial charge in [0, 0.05) is 0 Å². The largest absolute Gasteiger partial charge is 0.290 e. The van der Waals surface area contributed by atoms with Crippen LogP contribution in [-0.4, -0.2) is 11.1 Å². The van der Waals surface area contributed by atoms with Crippen molar-refractivity contribution in [1.29, 1.82) is 0 Å². The standard InChI is InChI=1S/C10H5BrFNO2S/c11-6-3-5(1-2-7(6)12)4-8-9(14)13-10(15)16-8/h1-4H,(H,13,14,15)/b8-4-. The average Bonchev–Trinajstić information content (AvgIpc) is 2.51. The molecular formula is C10H5BrFNO2S. The maximum Gasteiger partial charge on any atom is 0.290 e. The normalized spacial score (nSPS) is 18.0. The minimum absolute atomic E-state index is 0.309. The van der Waals surface area contributed by atoms with E-state index in [1.54, 1.807) is 6.07 Å². The number of carbonyl (C=O) groups is 2. The lowest BCUT2D eigenvalue weighted by molar-refractivity contribution is -0.115. The first kappa shape index (κ1) is 11.3. The average molecular weight is 302 g/mol. The van der Waals surface area contributed by atoms with Crippen LogP contribution < -0.4 is 5.32 Å². The lowest BCUT2D eigenvalue weighted by atomic mass is 10.2. The summed E-state index contributed by atoms with van der Waals surface area (Å²) in [5.41, 5.74) is 0.653. The van der Waals surface area contributed by atoms with Crippen LogP contribution in [0.1, 0.15) is 5.56 Å². The second-order valence-corrected chi connectivity index (χ2v) is 4.89. The van der Waals surface area contributed by atoms with Gasteiger partial charge in [0.1, 0.15) is 5.82 Å². The van der Waals surface area contributed by atoms with E-state index in [1.807, 2.05) is 0 Å². The fourth-order valence-corrected chi connectivity index (χ4v) is 2.25. The van der Waals surface area contributed by atoms with Gasteiger partial charge in [-0.15, -0.1) is 0 Å². The molecule has 2 amide bonds. The molecule has 1 N–H and O–H groups in total. The summed E-state index contributed by atoms with van der Waals surface area (Å²) < 4.78 is 13.3. The number of hydrogen-bond acceptors (Lipinski definition) is 3. The Balaban J connectivity index is 2.32. The quantitative estimate of drug-likeness (QED) is 0.811. The van der Waals surface area contributed by atoms with Crippen LogP contribution in [0.2, 0.25) is 0 Å². The van der Waals surface area contributed by atoms with E-state index in [4.69, 9.17) is 0 Å². The molecule has 0 bridgehead atoms. The zero-order valence-electron chi connectivity index (χ0n) is 7.79. The predicted molar refractivity (Wildman–Crippen MR) is 63.2 cm³/mol. The number of halogens is 2. The molecule has 1 aliphatic rings. The Morgan fingerprint density at radius 2 is 2.12 bits per heavy atom. The predicted octanol–water partition coefficient (Wildman–Crippen LogP) is 2.91. The minimum atomic E-state index is -0.421. The SMILES string of the molecule is O=C1NC(=O)/C(=C/c2ccc(F)c(Br)c2)S1. The first-order chi connectivity index (χ1) is 7.56. The molecule has 1 saturated heterocycles. The maximum atomic E-state index is 12.9. The highest BCUT2D eigenvalue weighted by molar-refractivity contribution is 9.10. The Morgan fingerprint density at radius 3 is 2.69 bits per heavy atom. The molecule has 0 atom stereocenters. The van der Waals surface area contributed by atoms with Gasteiger partial charge in [-0.3, -0.25) is 14.9 Å². The fourth-order valence-electron chi connectivity index (χ4n) is 1.17. The van der Waals surface area contributed by atoms with Gasteiger partial charge in [-0.1, -0.05) is 6.07 Å². The third-order valence-corrected chi connectivity index (χ3v) is 3.30.